The van der Waals surface area contributed by atoms with Gasteiger partial charge in [-0.2, -0.15) is 0 Å². The molecular weight excluding hydrogens is 456 g/mol. The maximum absolute atomic E-state index is 11.6. The van der Waals surface area contributed by atoms with Crippen molar-refractivity contribution in [3.63, 3.8) is 0 Å². The second-order valence-corrected chi connectivity index (χ2v) is 9.09. The molecule has 0 unspecified atom stereocenters. The van der Waals surface area contributed by atoms with Gasteiger partial charge in [0.05, 0.1) is 6.10 Å². The van der Waals surface area contributed by atoms with Crippen molar-refractivity contribution in [3.05, 3.63) is 95.2 Å². The van der Waals surface area contributed by atoms with E-state index in [2.05, 4.69) is 35.2 Å². The molecular formula is C29H32N2O5. The highest BCUT2D eigenvalue weighted by molar-refractivity contribution is 5.66. The molecule has 0 amide bonds. The highest BCUT2D eigenvalue weighted by atomic mass is 16.6. The van der Waals surface area contributed by atoms with Gasteiger partial charge in [-0.15, -0.1) is 0 Å². The van der Waals surface area contributed by atoms with Crippen molar-refractivity contribution in [1.29, 1.82) is 0 Å². The van der Waals surface area contributed by atoms with Gasteiger partial charge in [0.15, 0.2) is 0 Å². The van der Waals surface area contributed by atoms with Crippen LogP contribution in [0.4, 0.5) is 5.82 Å². The molecule has 188 valence electrons. The van der Waals surface area contributed by atoms with Gasteiger partial charge in [-0.25, -0.2) is 4.98 Å². The lowest BCUT2D eigenvalue weighted by molar-refractivity contribution is -0.154. The molecule has 7 heteroatoms. The van der Waals surface area contributed by atoms with E-state index in [0.29, 0.717) is 6.42 Å². The smallest absolute Gasteiger partial charge is 0.302 e. The molecule has 0 radical (unpaired) electrons. The summed E-state index contributed by atoms with van der Waals surface area (Å²) in [4.78, 5) is 30.0. The van der Waals surface area contributed by atoms with Crippen molar-refractivity contribution in [2.75, 3.05) is 11.5 Å². The van der Waals surface area contributed by atoms with Gasteiger partial charge < -0.3 is 19.1 Å². The van der Waals surface area contributed by atoms with Crippen LogP contribution in [0.15, 0.2) is 72.9 Å². The van der Waals surface area contributed by atoms with Crippen LogP contribution >= 0.6 is 0 Å². The van der Waals surface area contributed by atoms with Crippen molar-refractivity contribution >= 4 is 17.8 Å². The molecule has 0 saturated carbocycles. The molecule has 7 nitrogen and oxygen atoms in total. The number of anilines is 1. The fraction of sp³-hybridized carbons (Fsp3) is 0.345. The third-order valence-corrected chi connectivity index (χ3v) is 6.14. The normalized spacial score (nSPS) is 19.0. The van der Waals surface area contributed by atoms with Gasteiger partial charge in [0.2, 0.25) is 0 Å². The molecule has 3 atom stereocenters. The summed E-state index contributed by atoms with van der Waals surface area (Å²) in [6, 6.07) is 22.8. The minimum Gasteiger partial charge on any atom is -0.463 e. The maximum atomic E-state index is 11.6. The Morgan fingerprint density at radius 3 is 2.11 bits per heavy atom. The van der Waals surface area contributed by atoms with Crippen molar-refractivity contribution in [2.45, 2.75) is 58.6 Å². The van der Waals surface area contributed by atoms with Crippen molar-refractivity contribution in [3.8, 4) is 0 Å². The number of hydrogen-bond acceptors (Lipinski definition) is 7. The first-order valence-electron chi connectivity index (χ1n) is 12.1. The SMILES string of the molecule is CC(=O)OC[C@H]1O[C@H](c2cnc(N(Cc3ccccc3)Cc3ccccc3)c(C)c2)C[C@@H]1OC(C)=O. The number of rotatable bonds is 9. The Morgan fingerprint density at radius 1 is 0.972 bits per heavy atom. The number of hydrogen-bond donors (Lipinski definition) is 0. The van der Waals surface area contributed by atoms with Gasteiger partial charge in [-0.3, -0.25) is 9.59 Å². The predicted molar refractivity (Wildman–Crippen MR) is 136 cm³/mol. The summed E-state index contributed by atoms with van der Waals surface area (Å²) in [5.74, 6) is 0.110. The molecule has 1 fully saturated rings. The van der Waals surface area contributed by atoms with Crippen LogP contribution in [0.3, 0.4) is 0 Å². The van der Waals surface area contributed by atoms with E-state index in [9.17, 15) is 9.59 Å². The van der Waals surface area contributed by atoms with E-state index in [1.165, 1.54) is 25.0 Å². The largest absolute Gasteiger partial charge is 0.463 e. The van der Waals surface area contributed by atoms with E-state index in [4.69, 9.17) is 19.2 Å². The lowest BCUT2D eigenvalue weighted by Crippen LogP contribution is -2.31. The van der Waals surface area contributed by atoms with E-state index in [0.717, 1.165) is 30.0 Å². The standard InChI is InChI=1S/C29H32N2O5/c1-20-14-25(26-15-27(35-22(3)33)28(36-26)19-34-21(2)32)16-30-29(20)31(17-23-10-6-4-7-11-23)18-24-12-8-5-9-13-24/h4-14,16,26-28H,15,17-19H2,1-3H3/t26-,27-,28+/m0/s1. The topological polar surface area (TPSA) is 78.0 Å². The van der Waals surface area contributed by atoms with Gasteiger partial charge in [0.25, 0.3) is 0 Å². The highest BCUT2D eigenvalue weighted by Gasteiger charge is 2.39. The van der Waals surface area contributed by atoms with Crippen LogP contribution in [0.1, 0.15) is 48.6 Å². The first-order chi connectivity index (χ1) is 17.4. The Hall–Kier alpha value is -3.71. The number of esters is 2. The van der Waals surface area contributed by atoms with Crippen molar-refractivity contribution in [1.82, 2.24) is 4.98 Å². The number of aryl methyl sites for hydroxylation is 1. The van der Waals surface area contributed by atoms with Gasteiger partial charge in [-0.05, 0) is 35.2 Å². The van der Waals surface area contributed by atoms with Crippen LogP contribution < -0.4 is 4.90 Å². The lowest BCUT2D eigenvalue weighted by Gasteiger charge is -2.26. The number of aromatic nitrogens is 1. The first kappa shape index (κ1) is 25.4. The highest BCUT2D eigenvalue weighted by Crippen LogP contribution is 2.36. The molecule has 0 spiro atoms. The van der Waals surface area contributed by atoms with Gasteiger partial charge in [-0.1, -0.05) is 60.7 Å². The summed E-state index contributed by atoms with van der Waals surface area (Å²) in [6.45, 7) is 6.24. The van der Waals surface area contributed by atoms with E-state index in [-0.39, 0.29) is 18.7 Å². The van der Waals surface area contributed by atoms with Crippen LogP contribution in [0.25, 0.3) is 0 Å². The number of carbonyl (C=O) groups is 2. The summed E-state index contributed by atoms with van der Waals surface area (Å²) in [5.41, 5.74) is 4.33. The molecule has 2 heterocycles. The van der Waals surface area contributed by atoms with Gasteiger partial charge in [0.1, 0.15) is 24.6 Å². The Balaban J connectivity index is 1.55. The fourth-order valence-corrected chi connectivity index (χ4v) is 4.52. The predicted octanol–water partition coefficient (Wildman–Crippen LogP) is 4.92. The molecule has 1 aromatic heterocycles. The molecule has 0 N–H and O–H groups in total. The molecule has 3 aromatic rings. The van der Waals surface area contributed by atoms with Crippen LogP contribution in [0.2, 0.25) is 0 Å². The molecule has 4 rings (SSSR count). The number of ether oxygens (including phenoxy) is 3. The maximum Gasteiger partial charge on any atom is 0.302 e. The fourth-order valence-electron chi connectivity index (χ4n) is 4.52. The summed E-state index contributed by atoms with van der Waals surface area (Å²) >= 11 is 0. The minimum absolute atomic E-state index is 0.0379. The summed E-state index contributed by atoms with van der Waals surface area (Å²) in [5, 5.41) is 0. The zero-order valence-corrected chi connectivity index (χ0v) is 20.9. The molecule has 1 aliphatic heterocycles. The summed E-state index contributed by atoms with van der Waals surface area (Å²) in [7, 11) is 0. The quantitative estimate of drug-likeness (QED) is 0.396. The van der Waals surface area contributed by atoms with Gasteiger partial charge in [0, 0.05) is 39.6 Å². The van der Waals surface area contributed by atoms with Crippen molar-refractivity contribution < 1.29 is 23.8 Å². The van der Waals surface area contributed by atoms with Crippen LogP contribution in [-0.2, 0) is 36.9 Å². The third kappa shape index (κ3) is 6.70. The molecule has 1 saturated heterocycles. The summed E-state index contributed by atoms with van der Waals surface area (Å²) < 4.78 is 16.7. The first-order valence-corrected chi connectivity index (χ1v) is 12.1. The van der Waals surface area contributed by atoms with Gasteiger partial charge >= 0.3 is 11.9 Å². The van der Waals surface area contributed by atoms with E-state index in [1.807, 2.05) is 49.5 Å². The number of nitrogens with zero attached hydrogens (tertiary/aromatic N) is 2. The Bertz CT molecular complexity index is 1130. The molecule has 36 heavy (non-hydrogen) atoms. The van der Waals surface area contributed by atoms with Crippen LogP contribution in [0.5, 0.6) is 0 Å². The molecule has 1 aliphatic rings. The zero-order valence-electron chi connectivity index (χ0n) is 20.9. The Kier molecular flexibility index (Phi) is 8.33. The lowest BCUT2D eigenvalue weighted by atomic mass is 10.0. The van der Waals surface area contributed by atoms with Crippen LogP contribution in [-0.4, -0.2) is 35.7 Å². The average Bonchev–Trinajstić information content (AvgIpc) is 3.25. The average molecular weight is 489 g/mol. The number of benzene rings is 2. The zero-order chi connectivity index (χ0) is 25.5. The molecule has 0 aliphatic carbocycles. The minimum atomic E-state index is -0.518. The second kappa shape index (κ2) is 11.8. The van der Waals surface area contributed by atoms with E-state index >= 15 is 0 Å². The van der Waals surface area contributed by atoms with Crippen molar-refractivity contribution in [2.24, 2.45) is 0 Å². The monoisotopic (exact) mass is 488 g/mol. The molecule has 2 aromatic carbocycles. The summed E-state index contributed by atoms with van der Waals surface area (Å²) in [6.07, 6.45) is 0.987. The van der Waals surface area contributed by atoms with Crippen LogP contribution in [0, 0.1) is 6.92 Å². The molecule has 0 bridgehead atoms. The number of pyridine rings is 1. The number of carbonyl (C=O) groups excluding carboxylic acids is 2. The van der Waals surface area contributed by atoms with E-state index in [1.54, 1.807) is 0 Å². The Labute approximate surface area is 212 Å². The second-order valence-electron chi connectivity index (χ2n) is 9.09. The van der Waals surface area contributed by atoms with E-state index < -0.39 is 18.2 Å². The third-order valence-electron chi connectivity index (χ3n) is 6.14. The Morgan fingerprint density at radius 2 is 1.58 bits per heavy atom.